The van der Waals surface area contributed by atoms with E-state index < -0.39 is 0 Å². The number of nitrogen functional groups attached to an aromatic ring is 1. The fourth-order valence-corrected chi connectivity index (χ4v) is 3.41. The van der Waals surface area contributed by atoms with Crippen molar-refractivity contribution in [3.8, 4) is 0 Å². The maximum Gasteiger partial charge on any atom is 0.145 e. The third kappa shape index (κ3) is 2.47. The molecule has 0 radical (unpaired) electrons. The zero-order chi connectivity index (χ0) is 16.0. The average molecular weight is 307 g/mol. The lowest BCUT2D eigenvalue weighted by Crippen LogP contribution is -2.36. The molecule has 0 saturated carbocycles. The van der Waals surface area contributed by atoms with Gasteiger partial charge in [0.2, 0.25) is 0 Å². The summed E-state index contributed by atoms with van der Waals surface area (Å²) in [7, 11) is 0. The van der Waals surface area contributed by atoms with E-state index in [-0.39, 0.29) is 0 Å². The number of hydrogen-bond donors (Lipinski definition) is 1. The monoisotopic (exact) mass is 307 g/mol. The molecule has 0 fully saturated rings. The highest BCUT2D eigenvalue weighted by atomic mass is 15.2. The number of nitrogens with zero attached hydrogens (tertiary/aromatic N) is 4. The van der Waals surface area contributed by atoms with Gasteiger partial charge in [-0.3, -0.25) is 4.90 Å². The molecule has 0 spiro atoms. The van der Waals surface area contributed by atoms with Gasteiger partial charge in [0.25, 0.3) is 0 Å². The minimum Gasteiger partial charge on any atom is -0.383 e. The Morgan fingerprint density at radius 2 is 2.09 bits per heavy atom. The van der Waals surface area contributed by atoms with Crippen molar-refractivity contribution in [3.05, 3.63) is 53.6 Å². The summed E-state index contributed by atoms with van der Waals surface area (Å²) in [5.74, 6) is 1.37. The van der Waals surface area contributed by atoms with Gasteiger partial charge in [0.05, 0.1) is 12.1 Å². The Labute approximate surface area is 135 Å². The van der Waals surface area contributed by atoms with Crippen molar-refractivity contribution < 1.29 is 0 Å². The third-order valence-electron chi connectivity index (χ3n) is 4.74. The molecule has 118 valence electrons. The average Bonchev–Trinajstić information content (AvgIpc) is 3.00. The summed E-state index contributed by atoms with van der Waals surface area (Å²) in [6.07, 6.45) is 2.15. The van der Waals surface area contributed by atoms with Crippen molar-refractivity contribution in [2.75, 3.05) is 12.3 Å². The van der Waals surface area contributed by atoms with E-state index in [0.717, 1.165) is 36.4 Å². The zero-order valence-corrected chi connectivity index (χ0v) is 13.5. The molecule has 5 nitrogen and oxygen atoms in total. The van der Waals surface area contributed by atoms with Crippen molar-refractivity contribution in [2.24, 2.45) is 0 Å². The normalized spacial score (nSPS) is 18.3. The van der Waals surface area contributed by atoms with Crippen LogP contribution in [0.2, 0.25) is 0 Å². The topological polar surface area (TPSA) is 60.0 Å². The van der Waals surface area contributed by atoms with E-state index in [9.17, 15) is 0 Å². The lowest BCUT2D eigenvalue weighted by Gasteiger charge is -2.34. The van der Waals surface area contributed by atoms with Gasteiger partial charge in [-0.15, -0.1) is 0 Å². The molecule has 0 saturated heterocycles. The Kier molecular flexibility index (Phi) is 3.31. The maximum atomic E-state index is 6.15. The van der Waals surface area contributed by atoms with Gasteiger partial charge in [-0.1, -0.05) is 11.6 Å². The summed E-state index contributed by atoms with van der Waals surface area (Å²) in [4.78, 5) is 11.6. The lowest BCUT2D eigenvalue weighted by molar-refractivity contribution is 0.157. The minimum atomic E-state index is 0.359. The first-order valence-corrected chi connectivity index (χ1v) is 8.03. The second-order valence-corrected chi connectivity index (χ2v) is 6.32. The highest BCUT2D eigenvalue weighted by Crippen LogP contribution is 2.27. The van der Waals surface area contributed by atoms with E-state index in [2.05, 4.69) is 52.7 Å². The predicted molar refractivity (Wildman–Crippen MR) is 91.9 cm³/mol. The van der Waals surface area contributed by atoms with E-state index in [1.807, 2.05) is 12.1 Å². The van der Waals surface area contributed by atoms with Crippen LogP contribution in [0.3, 0.4) is 0 Å². The van der Waals surface area contributed by atoms with Gasteiger partial charge in [0, 0.05) is 36.4 Å². The molecule has 3 heterocycles. The lowest BCUT2D eigenvalue weighted by atomic mass is 10.1. The number of fused-ring (bicyclic) bond motifs is 2. The summed E-state index contributed by atoms with van der Waals surface area (Å²) in [5, 5.41) is 0.939. The summed E-state index contributed by atoms with van der Waals surface area (Å²) >= 11 is 0. The molecule has 0 amide bonds. The summed E-state index contributed by atoms with van der Waals surface area (Å²) in [6, 6.07) is 10.8. The van der Waals surface area contributed by atoms with Crippen LogP contribution in [0.25, 0.3) is 10.9 Å². The molecule has 4 rings (SSSR count). The second kappa shape index (κ2) is 5.35. The van der Waals surface area contributed by atoms with Crippen LogP contribution in [0.5, 0.6) is 0 Å². The van der Waals surface area contributed by atoms with Gasteiger partial charge >= 0.3 is 0 Å². The first-order valence-electron chi connectivity index (χ1n) is 8.03. The minimum absolute atomic E-state index is 0.359. The number of nitrogens with two attached hydrogens (primary N) is 1. The van der Waals surface area contributed by atoms with Crippen LogP contribution in [0.1, 0.15) is 30.0 Å². The van der Waals surface area contributed by atoms with E-state index in [1.165, 1.54) is 11.3 Å². The van der Waals surface area contributed by atoms with Crippen LogP contribution in [-0.4, -0.2) is 26.0 Å². The van der Waals surface area contributed by atoms with Crippen LogP contribution >= 0.6 is 0 Å². The molecule has 1 aromatic carbocycles. The molecule has 0 aliphatic carbocycles. The van der Waals surface area contributed by atoms with Crippen LogP contribution in [0, 0.1) is 6.92 Å². The second-order valence-electron chi connectivity index (χ2n) is 6.32. The summed E-state index contributed by atoms with van der Waals surface area (Å²) in [6.45, 7) is 7.02. The first-order chi connectivity index (χ1) is 11.1. The Balaban J connectivity index is 1.65. The van der Waals surface area contributed by atoms with Crippen molar-refractivity contribution in [2.45, 2.75) is 33.0 Å². The van der Waals surface area contributed by atoms with Gasteiger partial charge in [-0.05, 0) is 38.1 Å². The Morgan fingerprint density at radius 3 is 2.96 bits per heavy atom. The first kappa shape index (κ1) is 14.2. The van der Waals surface area contributed by atoms with E-state index in [0.29, 0.717) is 11.9 Å². The van der Waals surface area contributed by atoms with Gasteiger partial charge < -0.3 is 10.3 Å². The molecule has 2 aromatic heterocycles. The Morgan fingerprint density at radius 1 is 1.22 bits per heavy atom. The fourth-order valence-electron chi connectivity index (χ4n) is 3.41. The smallest absolute Gasteiger partial charge is 0.145 e. The van der Waals surface area contributed by atoms with E-state index in [1.54, 1.807) is 0 Å². The zero-order valence-electron chi connectivity index (χ0n) is 13.5. The van der Waals surface area contributed by atoms with Gasteiger partial charge in [-0.2, -0.15) is 0 Å². The highest BCUT2D eigenvalue weighted by molar-refractivity contribution is 5.88. The molecule has 5 heteroatoms. The molecule has 2 N–H and O–H groups in total. The predicted octanol–water partition coefficient (Wildman–Crippen LogP) is 2.90. The number of rotatable bonds is 2. The molecule has 1 unspecified atom stereocenters. The maximum absolute atomic E-state index is 6.15. The Bertz CT molecular complexity index is 867. The molecule has 1 aliphatic rings. The van der Waals surface area contributed by atoms with Crippen molar-refractivity contribution in [1.82, 2.24) is 19.4 Å². The van der Waals surface area contributed by atoms with Crippen LogP contribution in [0.4, 0.5) is 5.82 Å². The van der Waals surface area contributed by atoms with E-state index in [4.69, 9.17) is 10.7 Å². The highest BCUT2D eigenvalue weighted by Gasteiger charge is 2.24. The third-order valence-corrected chi connectivity index (χ3v) is 4.74. The molecular formula is C18H21N5. The molecule has 1 atom stereocenters. The van der Waals surface area contributed by atoms with Gasteiger partial charge in [0.1, 0.15) is 11.6 Å². The fraction of sp³-hybridized carbons (Fsp3) is 0.333. The van der Waals surface area contributed by atoms with Crippen LogP contribution < -0.4 is 5.73 Å². The molecule has 3 aromatic rings. The number of hydrogen-bond acceptors (Lipinski definition) is 4. The summed E-state index contributed by atoms with van der Waals surface area (Å²) in [5.41, 5.74) is 9.59. The number of anilines is 1. The number of benzene rings is 1. The molecular weight excluding hydrogens is 286 g/mol. The largest absolute Gasteiger partial charge is 0.383 e. The standard InChI is InChI=1S/C18H21N5/c1-12-5-6-15-14(10-12)18(19)21-17(20-15)11-23-9-8-22-7-3-4-16(22)13(23)2/h3-7,10,13H,8-9,11H2,1-2H3,(H2,19,20,21). The summed E-state index contributed by atoms with van der Waals surface area (Å²) < 4.78 is 2.32. The Hall–Kier alpha value is -2.40. The molecule has 0 bridgehead atoms. The van der Waals surface area contributed by atoms with Crippen LogP contribution in [0.15, 0.2) is 36.5 Å². The number of aryl methyl sites for hydroxylation is 1. The van der Waals surface area contributed by atoms with E-state index >= 15 is 0 Å². The molecule has 1 aliphatic heterocycles. The van der Waals surface area contributed by atoms with Crippen molar-refractivity contribution in [3.63, 3.8) is 0 Å². The SMILES string of the molecule is Cc1ccc2nc(CN3CCn4cccc4C3C)nc(N)c2c1. The van der Waals surface area contributed by atoms with Crippen molar-refractivity contribution >= 4 is 16.7 Å². The van der Waals surface area contributed by atoms with Crippen molar-refractivity contribution in [1.29, 1.82) is 0 Å². The quantitative estimate of drug-likeness (QED) is 0.791. The number of aromatic nitrogens is 3. The molecule has 23 heavy (non-hydrogen) atoms. The van der Waals surface area contributed by atoms with Gasteiger partial charge in [-0.25, -0.2) is 9.97 Å². The van der Waals surface area contributed by atoms with Crippen LogP contribution in [-0.2, 0) is 13.1 Å². The van der Waals surface area contributed by atoms with Gasteiger partial charge in [0.15, 0.2) is 0 Å².